The Kier molecular flexibility index (Phi) is 6.52. The van der Waals surface area contributed by atoms with Crippen LogP contribution in [-0.4, -0.2) is 33.9 Å². The lowest BCUT2D eigenvalue weighted by Gasteiger charge is -2.09. The number of aliphatic carboxylic acids is 1. The van der Waals surface area contributed by atoms with Crippen molar-refractivity contribution >= 4 is 5.97 Å². The number of aliphatic hydroxyl groups is 2. The minimum atomic E-state index is -1.41. The number of rotatable bonds is 4. The second-order valence-corrected chi connectivity index (χ2v) is 5.76. The lowest BCUT2D eigenvalue weighted by molar-refractivity contribution is -0.146. The summed E-state index contributed by atoms with van der Waals surface area (Å²) >= 11 is 0. The molecule has 0 radical (unpaired) electrons. The molecule has 0 fully saturated rings. The maximum atomic E-state index is 10.2. The van der Waals surface area contributed by atoms with Crippen LogP contribution in [0.1, 0.15) is 35.8 Å². The predicted molar refractivity (Wildman–Crippen MR) is 93.3 cm³/mol. The first-order valence-corrected chi connectivity index (χ1v) is 8.09. The van der Waals surface area contributed by atoms with Gasteiger partial charge in [0.25, 0.3) is 0 Å². The molecule has 2 aromatic rings. The smallest absolute Gasteiger partial charge is 0.337 e. The molecule has 0 heterocycles. The second-order valence-electron chi connectivity index (χ2n) is 5.76. The molecule has 0 spiro atoms. The van der Waals surface area contributed by atoms with Crippen molar-refractivity contribution in [3.8, 4) is 5.75 Å². The second kappa shape index (κ2) is 8.62. The fourth-order valence-corrected chi connectivity index (χ4v) is 2.66. The van der Waals surface area contributed by atoms with Crippen LogP contribution in [0.25, 0.3) is 0 Å². The number of benzene rings is 2. The highest BCUT2D eigenvalue weighted by Crippen LogP contribution is 2.32. The zero-order valence-corrected chi connectivity index (χ0v) is 14.0. The van der Waals surface area contributed by atoms with Crippen molar-refractivity contribution in [2.75, 3.05) is 6.61 Å². The van der Waals surface area contributed by atoms with Gasteiger partial charge in [0, 0.05) is 6.04 Å². The van der Waals surface area contributed by atoms with E-state index in [1.54, 1.807) is 30.3 Å². The first-order chi connectivity index (χ1) is 11.9. The molecule has 6 nitrogen and oxygen atoms in total. The van der Waals surface area contributed by atoms with Gasteiger partial charge in [-0.05, 0) is 42.2 Å². The van der Waals surface area contributed by atoms with Crippen LogP contribution in [0.5, 0.6) is 5.75 Å². The number of nitrogens with two attached hydrogens (primary N) is 1. The maximum Gasteiger partial charge on any atom is 0.337 e. The third-order valence-electron chi connectivity index (χ3n) is 3.96. The zero-order chi connectivity index (χ0) is 18.4. The molecule has 0 bridgehead atoms. The van der Waals surface area contributed by atoms with Gasteiger partial charge in [-0.3, -0.25) is 0 Å². The van der Waals surface area contributed by atoms with E-state index in [-0.39, 0.29) is 6.04 Å². The molecule has 0 unspecified atom stereocenters. The third-order valence-corrected chi connectivity index (χ3v) is 3.96. The van der Waals surface area contributed by atoms with Crippen LogP contribution in [0.15, 0.2) is 48.5 Å². The Bertz CT molecular complexity index is 704. The standard InChI is InChI=1S/C11H15NO2.C8H8O3/c1-2-14-8-4-3-7-5-10(12)11(13)9(7)6-8;9-7(8(10)11)6-4-2-1-3-5-6/h3-4,6,10-11,13H,2,5,12H2,1H3;1-5,7,9H,(H,10,11)/t10-,11-;7-/m01/s1. The van der Waals surface area contributed by atoms with Gasteiger partial charge in [-0.1, -0.05) is 36.4 Å². The Balaban J connectivity index is 0.000000186. The zero-order valence-electron chi connectivity index (χ0n) is 14.0. The van der Waals surface area contributed by atoms with Crippen molar-refractivity contribution in [2.45, 2.75) is 31.6 Å². The van der Waals surface area contributed by atoms with Crippen molar-refractivity contribution in [3.05, 3.63) is 65.2 Å². The van der Waals surface area contributed by atoms with Gasteiger partial charge >= 0.3 is 5.97 Å². The molecule has 5 N–H and O–H groups in total. The summed E-state index contributed by atoms with van der Waals surface area (Å²) in [7, 11) is 0. The Labute approximate surface area is 146 Å². The Morgan fingerprint density at radius 3 is 2.56 bits per heavy atom. The lowest BCUT2D eigenvalue weighted by atomic mass is 10.1. The summed E-state index contributed by atoms with van der Waals surface area (Å²) in [4.78, 5) is 10.2. The highest BCUT2D eigenvalue weighted by Gasteiger charge is 2.28. The van der Waals surface area contributed by atoms with Gasteiger partial charge in [-0.2, -0.15) is 0 Å². The summed E-state index contributed by atoms with van der Waals surface area (Å²) in [6, 6.07) is 13.9. The first-order valence-electron chi connectivity index (χ1n) is 8.09. The SMILES string of the molecule is CCOc1ccc2c(c1)[C@H](O)[C@@H](N)C2.O=C(O)[C@H](O)c1ccccc1. The summed E-state index contributed by atoms with van der Waals surface area (Å²) in [6.07, 6.45) is -1.19. The van der Waals surface area contributed by atoms with Crippen LogP contribution >= 0.6 is 0 Å². The van der Waals surface area contributed by atoms with Crippen molar-refractivity contribution in [1.29, 1.82) is 0 Å². The highest BCUT2D eigenvalue weighted by atomic mass is 16.5. The van der Waals surface area contributed by atoms with Crippen LogP contribution < -0.4 is 10.5 Å². The van der Waals surface area contributed by atoms with Gasteiger partial charge in [0.05, 0.1) is 12.7 Å². The molecule has 0 saturated heterocycles. The van der Waals surface area contributed by atoms with E-state index in [1.165, 1.54) is 0 Å². The van der Waals surface area contributed by atoms with Crippen LogP contribution in [0, 0.1) is 0 Å². The summed E-state index contributed by atoms with van der Waals surface area (Å²) in [5.41, 5.74) is 8.22. The molecule has 0 aromatic heterocycles. The van der Waals surface area contributed by atoms with Crippen LogP contribution in [0.3, 0.4) is 0 Å². The molecule has 1 aliphatic rings. The van der Waals surface area contributed by atoms with Gasteiger partial charge in [0.15, 0.2) is 6.10 Å². The summed E-state index contributed by atoms with van der Waals surface area (Å²) < 4.78 is 5.36. The first kappa shape index (κ1) is 18.9. The molecule has 2 aromatic carbocycles. The number of hydrogen-bond acceptors (Lipinski definition) is 5. The molecule has 3 atom stereocenters. The minimum absolute atomic E-state index is 0.165. The minimum Gasteiger partial charge on any atom is -0.494 e. The van der Waals surface area contributed by atoms with E-state index in [0.717, 1.165) is 23.3 Å². The third kappa shape index (κ3) is 4.79. The predicted octanol–water partition coefficient (Wildman–Crippen LogP) is 1.81. The summed E-state index contributed by atoms with van der Waals surface area (Å²) in [6.45, 7) is 2.58. The number of fused-ring (bicyclic) bond motifs is 1. The highest BCUT2D eigenvalue weighted by molar-refractivity contribution is 5.73. The van der Waals surface area contributed by atoms with Gasteiger partial charge in [-0.25, -0.2) is 4.79 Å². The normalized spacial score (nSPS) is 19.4. The lowest BCUT2D eigenvalue weighted by Crippen LogP contribution is -2.24. The van der Waals surface area contributed by atoms with Gasteiger partial charge in [0.1, 0.15) is 5.75 Å². The molecule has 0 saturated carbocycles. The fraction of sp³-hybridized carbons (Fsp3) is 0.316. The quantitative estimate of drug-likeness (QED) is 0.672. The molecule has 3 rings (SSSR count). The number of hydrogen-bond donors (Lipinski definition) is 4. The van der Waals surface area contributed by atoms with E-state index in [1.807, 2.05) is 25.1 Å². The molecule has 25 heavy (non-hydrogen) atoms. The maximum absolute atomic E-state index is 10.2. The molecular weight excluding hydrogens is 322 g/mol. The van der Waals surface area contributed by atoms with Gasteiger partial charge in [0.2, 0.25) is 0 Å². The van der Waals surface area contributed by atoms with Gasteiger partial charge in [-0.15, -0.1) is 0 Å². The largest absolute Gasteiger partial charge is 0.494 e. The van der Waals surface area contributed by atoms with Crippen LogP contribution in [0.2, 0.25) is 0 Å². The van der Waals surface area contributed by atoms with E-state index < -0.39 is 18.2 Å². The monoisotopic (exact) mass is 345 g/mol. The van der Waals surface area contributed by atoms with Crippen molar-refractivity contribution in [3.63, 3.8) is 0 Å². The topological polar surface area (TPSA) is 113 Å². The molecule has 1 aliphatic carbocycles. The number of aliphatic hydroxyl groups excluding tert-OH is 2. The fourth-order valence-electron chi connectivity index (χ4n) is 2.66. The Morgan fingerprint density at radius 2 is 1.96 bits per heavy atom. The van der Waals surface area contributed by atoms with Crippen LogP contribution in [0.4, 0.5) is 0 Å². The number of carboxylic acid groups (broad SMARTS) is 1. The summed E-state index contributed by atoms with van der Waals surface area (Å²) in [5.74, 6) is -0.421. The molecule has 6 heteroatoms. The van der Waals surface area contributed by atoms with Crippen LogP contribution in [-0.2, 0) is 11.2 Å². The van der Waals surface area contributed by atoms with E-state index in [9.17, 15) is 9.90 Å². The molecule has 0 aliphatic heterocycles. The van der Waals surface area contributed by atoms with E-state index >= 15 is 0 Å². The number of ether oxygens (including phenoxy) is 1. The average Bonchev–Trinajstić information content (AvgIpc) is 2.90. The molecular formula is C19H23NO5. The Hall–Kier alpha value is -2.41. The van der Waals surface area contributed by atoms with E-state index in [0.29, 0.717) is 12.2 Å². The molecule has 0 amide bonds. The molecule has 134 valence electrons. The van der Waals surface area contributed by atoms with E-state index in [2.05, 4.69) is 0 Å². The number of carboxylic acids is 1. The number of carbonyl (C=O) groups is 1. The van der Waals surface area contributed by atoms with Crippen molar-refractivity contribution in [2.24, 2.45) is 5.73 Å². The van der Waals surface area contributed by atoms with Crippen molar-refractivity contribution < 1.29 is 24.9 Å². The van der Waals surface area contributed by atoms with Crippen molar-refractivity contribution in [1.82, 2.24) is 0 Å². The average molecular weight is 345 g/mol. The summed E-state index contributed by atoms with van der Waals surface area (Å²) in [5, 5.41) is 27.1. The Morgan fingerprint density at radius 1 is 1.28 bits per heavy atom. The van der Waals surface area contributed by atoms with E-state index in [4.69, 9.17) is 20.7 Å². The van der Waals surface area contributed by atoms with Gasteiger partial charge < -0.3 is 25.8 Å².